The molecule has 0 unspecified atom stereocenters. The predicted molar refractivity (Wildman–Crippen MR) is 102 cm³/mol. The van der Waals surface area contributed by atoms with Gasteiger partial charge >= 0.3 is 5.97 Å². The molecular weight excluding hydrogens is 380 g/mol. The molecule has 0 aliphatic heterocycles. The van der Waals surface area contributed by atoms with E-state index >= 15 is 0 Å². The summed E-state index contributed by atoms with van der Waals surface area (Å²) in [5, 5.41) is -0.0141. The van der Waals surface area contributed by atoms with Gasteiger partial charge in [-0.1, -0.05) is 12.1 Å². The predicted octanol–water partition coefficient (Wildman–Crippen LogP) is 1.99. The van der Waals surface area contributed by atoms with Crippen molar-refractivity contribution >= 4 is 16.0 Å². The van der Waals surface area contributed by atoms with E-state index in [4.69, 9.17) is 4.74 Å². The molecule has 3 aromatic rings. The van der Waals surface area contributed by atoms with Gasteiger partial charge in [0.2, 0.25) is 0 Å². The number of esters is 1. The molecule has 0 saturated heterocycles. The Kier molecular flexibility index (Phi) is 5.86. The van der Waals surface area contributed by atoms with E-state index in [-0.39, 0.29) is 23.8 Å². The molecule has 0 atom stereocenters. The van der Waals surface area contributed by atoms with Crippen LogP contribution in [0.15, 0.2) is 66.0 Å². The van der Waals surface area contributed by atoms with Gasteiger partial charge in [-0.05, 0) is 36.4 Å². The summed E-state index contributed by atoms with van der Waals surface area (Å²) in [5.41, 5.74) is 1.35. The lowest BCUT2D eigenvalue weighted by Crippen LogP contribution is -2.32. The minimum atomic E-state index is -3.94. The van der Waals surface area contributed by atoms with Crippen LogP contribution in [0.5, 0.6) is 0 Å². The number of rotatable bonds is 7. The summed E-state index contributed by atoms with van der Waals surface area (Å²) in [6.45, 7) is 0.136. The molecule has 146 valence electrons. The zero-order valence-electron chi connectivity index (χ0n) is 15.5. The molecule has 3 rings (SSSR count). The van der Waals surface area contributed by atoms with E-state index in [1.54, 1.807) is 48.8 Å². The number of sulfonamides is 1. The summed E-state index contributed by atoms with van der Waals surface area (Å²) >= 11 is 0. The van der Waals surface area contributed by atoms with Crippen LogP contribution in [0.1, 0.15) is 21.9 Å². The lowest BCUT2D eigenvalue weighted by Gasteiger charge is -2.22. The first-order valence-electron chi connectivity index (χ1n) is 8.47. The number of carbonyl (C=O) groups is 1. The minimum Gasteiger partial charge on any atom is -0.464 e. The molecular formula is C19H20N4O4S. The fraction of sp³-hybridized carbons (Fsp3) is 0.211. The second-order valence-electron chi connectivity index (χ2n) is 6.02. The Bertz CT molecular complexity index is 1010. The zero-order chi connectivity index (χ0) is 20.1. The van der Waals surface area contributed by atoms with Crippen LogP contribution in [-0.2, 0) is 34.9 Å². The van der Waals surface area contributed by atoms with Gasteiger partial charge in [0.1, 0.15) is 5.69 Å². The van der Waals surface area contributed by atoms with E-state index in [2.05, 4.69) is 9.97 Å². The summed E-state index contributed by atoms with van der Waals surface area (Å²) in [6, 6.07) is 13.5. The number of hydrogen-bond acceptors (Lipinski definition) is 6. The first-order chi connectivity index (χ1) is 13.4. The summed E-state index contributed by atoms with van der Waals surface area (Å²) in [5.74, 6) is -0.607. The van der Waals surface area contributed by atoms with Crippen molar-refractivity contribution < 1.29 is 17.9 Å². The third kappa shape index (κ3) is 4.10. The van der Waals surface area contributed by atoms with Crippen LogP contribution >= 0.6 is 0 Å². The maximum absolute atomic E-state index is 13.4. The van der Waals surface area contributed by atoms with Crippen LogP contribution in [0.25, 0.3) is 0 Å². The minimum absolute atomic E-state index is 0.0141. The van der Waals surface area contributed by atoms with Crippen molar-refractivity contribution in [1.29, 1.82) is 0 Å². The number of pyridine rings is 2. The number of ether oxygens (including phenoxy) is 1. The molecule has 3 heterocycles. The highest BCUT2D eigenvalue weighted by Gasteiger charge is 2.30. The van der Waals surface area contributed by atoms with Crippen LogP contribution in [0.4, 0.5) is 0 Å². The van der Waals surface area contributed by atoms with Crippen molar-refractivity contribution in [2.75, 3.05) is 7.11 Å². The van der Waals surface area contributed by atoms with Gasteiger partial charge in [-0.15, -0.1) is 0 Å². The normalized spacial score (nSPS) is 11.5. The number of aromatic nitrogens is 3. The van der Waals surface area contributed by atoms with E-state index in [1.165, 1.54) is 35.2 Å². The number of hydrogen-bond donors (Lipinski definition) is 0. The van der Waals surface area contributed by atoms with Crippen molar-refractivity contribution in [1.82, 2.24) is 18.8 Å². The van der Waals surface area contributed by atoms with Crippen LogP contribution in [-0.4, -0.2) is 40.3 Å². The van der Waals surface area contributed by atoms with Crippen molar-refractivity contribution in [3.05, 3.63) is 78.0 Å². The fourth-order valence-electron chi connectivity index (χ4n) is 2.76. The number of carbonyl (C=O) groups excluding carboxylic acids is 1. The molecule has 0 bridgehead atoms. The fourth-order valence-corrected chi connectivity index (χ4v) is 4.32. The Morgan fingerprint density at radius 3 is 2.04 bits per heavy atom. The molecule has 9 heteroatoms. The van der Waals surface area contributed by atoms with Crippen molar-refractivity contribution in [3.63, 3.8) is 0 Å². The van der Waals surface area contributed by atoms with E-state index < -0.39 is 16.0 Å². The summed E-state index contributed by atoms with van der Waals surface area (Å²) in [7, 11) is -1.18. The Morgan fingerprint density at radius 2 is 1.57 bits per heavy atom. The van der Waals surface area contributed by atoms with Gasteiger partial charge in [0.05, 0.1) is 31.6 Å². The van der Waals surface area contributed by atoms with Crippen LogP contribution in [0.2, 0.25) is 0 Å². The van der Waals surface area contributed by atoms with E-state index in [0.717, 1.165) is 0 Å². The summed E-state index contributed by atoms with van der Waals surface area (Å²) in [4.78, 5) is 20.3. The standard InChI is InChI=1S/C19H20N4O4S/c1-22-17(19(24)27-2)9-10-18(22)28(25,26)23(13-15-7-3-5-11-20-15)14-16-8-4-6-12-21-16/h3-12H,13-14H2,1-2H3. The van der Waals surface area contributed by atoms with Crippen molar-refractivity contribution in [3.8, 4) is 0 Å². The van der Waals surface area contributed by atoms with Crippen LogP contribution in [0.3, 0.4) is 0 Å². The van der Waals surface area contributed by atoms with Gasteiger partial charge in [-0.25, -0.2) is 13.2 Å². The molecule has 0 saturated carbocycles. The molecule has 0 aliphatic carbocycles. The average molecular weight is 400 g/mol. The first-order valence-corrected chi connectivity index (χ1v) is 9.91. The summed E-state index contributed by atoms with van der Waals surface area (Å²) in [6.07, 6.45) is 3.22. The third-order valence-corrected chi connectivity index (χ3v) is 6.08. The topological polar surface area (TPSA) is 94.4 Å². The SMILES string of the molecule is COC(=O)c1ccc(S(=O)(=O)N(Cc2ccccn2)Cc2ccccn2)n1C. The molecule has 0 aliphatic rings. The Balaban J connectivity index is 2.00. The molecule has 0 amide bonds. The molecule has 0 N–H and O–H groups in total. The quantitative estimate of drug-likeness (QED) is 0.563. The lowest BCUT2D eigenvalue weighted by molar-refractivity contribution is 0.0589. The molecule has 0 fully saturated rings. The third-order valence-electron chi connectivity index (χ3n) is 4.20. The largest absolute Gasteiger partial charge is 0.464 e. The van der Waals surface area contributed by atoms with Gasteiger partial charge in [0.25, 0.3) is 10.0 Å². The monoisotopic (exact) mass is 400 g/mol. The Morgan fingerprint density at radius 1 is 1.00 bits per heavy atom. The molecule has 0 radical (unpaired) electrons. The maximum Gasteiger partial charge on any atom is 0.354 e. The smallest absolute Gasteiger partial charge is 0.354 e. The van der Waals surface area contributed by atoms with Gasteiger partial charge < -0.3 is 9.30 Å². The number of methoxy groups -OCH3 is 1. The van der Waals surface area contributed by atoms with E-state index in [0.29, 0.717) is 11.4 Å². The number of nitrogens with zero attached hydrogens (tertiary/aromatic N) is 4. The maximum atomic E-state index is 13.4. The van der Waals surface area contributed by atoms with Gasteiger partial charge in [-0.3, -0.25) is 9.97 Å². The Labute approximate surface area is 163 Å². The zero-order valence-corrected chi connectivity index (χ0v) is 16.3. The molecule has 0 aromatic carbocycles. The average Bonchev–Trinajstić information content (AvgIpc) is 3.10. The Hall–Kier alpha value is -3.04. The molecule has 0 spiro atoms. The second-order valence-corrected chi connectivity index (χ2v) is 7.91. The van der Waals surface area contributed by atoms with E-state index in [1.807, 2.05) is 0 Å². The van der Waals surface area contributed by atoms with Crippen molar-refractivity contribution in [2.24, 2.45) is 7.05 Å². The van der Waals surface area contributed by atoms with Crippen LogP contribution < -0.4 is 0 Å². The van der Waals surface area contributed by atoms with Gasteiger partial charge in [0.15, 0.2) is 5.03 Å². The molecule has 28 heavy (non-hydrogen) atoms. The summed E-state index contributed by atoms with van der Waals surface area (Å²) < 4.78 is 34.1. The van der Waals surface area contributed by atoms with E-state index in [9.17, 15) is 13.2 Å². The van der Waals surface area contributed by atoms with Gasteiger partial charge in [-0.2, -0.15) is 4.31 Å². The lowest BCUT2D eigenvalue weighted by atomic mass is 10.3. The first kappa shape index (κ1) is 19.7. The second kappa shape index (κ2) is 8.32. The highest BCUT2D eigenvalue weighted by Crippen LogP contribution is 2.22. The van der Waals surface area contributed by atoms with Gasteiger partial charge in [0, 0.05) is 19.4 Å². The highest BCUT2D eigenvalue weighted by molar-refractivity contribution is 7.89. The molecule has 8 nitrogen and oxygen atoms in total. The highest BCUT2D eigenvalue weighted by atomic mass is 32.2. The van der Waals surface area contributed by atoms with Crippen molar-refractivity contribution in [2.45, 2.75) is 18.1 Å². The molecule has 3 aromatic heterocycles. The van der Waals surface area contributed by atoms with Crippen LogP contribution in [0, 0.1) is 0 Å².